The van der Waals surface area contributed by atoms with Crippen LogP contribution in [0.5, 0.6) is 0 Å². The van der Waals surface area contributed by atoms with Gasteiger partial charge >= 0.3 is 11.9 Å². The van der Waals surface area contributed by atoms with E-state index >= 15 is 0 Å². The van der Waals surface area contributed by atoms with E-state index in [9.17, 15) is 14.4 Å². The smallest absolute Gasteiger partial charge is 0.374 e. The fourth-order valence-electron chi connectivity index (χ4n) is 1.26. The molecule has 0 fully saturated rings. The fourth-order valence-corrected chi connectivity index (χ4v) is 2.08. The number of carbonyl (C=O) groups excluding carboxylic acids is 3. The fraction of sp³-hybridized carbons (Fsp3) is 0.786. The molecule has 20 heavy (non-hydrogen) atoms. The largest absolute Gasteiger partial charge is 0.460 e. The molecule has 5 nitrogen and oxygen atoms in total. The number of Topliss-reactive ketones (excluding diaryl/α,β-unsaturated/α-hetero) is 1. The van der Waals surface area contributed by atoms with Gasteiger partial charge in [-0.15, -0.1) is 0 Å². The minimum absolute atomic E-state index is 0.169. The molecule has 0 aromatic rings. The molecular weight excluding hydrogens is 280 g/mol. The average Bonchev–Trinajstić information content (AvgIpc) is 2.29. The lowest BCUT2D eigenvalue weighted by Gasteiger charge is -2.19. The molecule has 0 atom stereocenters. The van der Waals surface area contributed by atoms with E-state index in [4.69, 9.17) is 9.47 Å². The Balaban J connectivity index is 3.39. The Labute approximate surface area is 124 Å². The normalized spacial score (nSPS) is 11.0. The molecule has 0 spiro atoms. The second-order valence-electron chi connectivity index (χ2n) is 5.35. The van der Waals surface area contributed by atoms with Crippen molar-refractivity contribution in [3.8, 4) is 0 Å². The Morgan fingerprint density at radius 1 is 1.05 bits per heavy atom. The maximum Gasteiger partial charge on any atom is 0.374 e. The van der Waals surface area contributed by atoms with Gasteiger partial charge in [0.25, 0.3) is 0 Å². The Hall–Kier alpha value is -1.04. The zero-order valence-corrected chi connectivity index (χ0v) is 13.5. The van der Waals surface area contributed by atoms with Crippen LogP contribution in [-0.2, 0) is 23.9 Å². The van der Waals surface area contributed by atoms with Crippen molar-refractivity contribution in [1.82, 2.24) is 0 Å². The van der Waals surface area contributed by atoms with E-state index in [1.165, 1.54) is 6.92 Å². The van der Waals surface area contributed by atoms with Gasteiger partial charge < -0.3 is 9.47 Å². The molecule has 116 valence electrons. The van der Waals surface area contributed by atoms with Crippen LogP contribution in [0.3, 0.4) is 0 Å². The average molecular weight is 304 g/mol. The second-order valence-corrected chi connectivity index (χ2v) is 6.57. The van der Waals surface area contributed by atoms with E-state index in [1.807, 2.05) is 20.8 Å². The number of unbranched alkanes of at least 4 members (excludes halogenated alkanes) is 1. The zero-order chi connectivity index (χ0) is 15.6. The molecule has 0 aliphatic carbocycles. The van der Waals surface area contributed by atoms with E-state index in [0.29, 0.717) is 12.2 Å². The molecule has 0 N–H and O–H groups in total. The highest BCUT2D eigenvalue weighted by atomic mass is 32.2. The van der Waals surface area contributed by atoms with Crippen LogP contribution >= 0.6 is 11.8 Å². The number of esters is 2. The summed E-state index contributed by atoms with van der Waals surface area (Å²) < 4.78 is 9.92. The minimum Gasteiger partial charge on any atom is -0.460 e. The van der Waals surface area contributed by atoms with Gasteiger partial charge in [0.2, 0.25) is 5.78 Å². The minimum atomic E-state index is -0.782. The van der Waals surface area contributed by atoms with Crippen molar-refractivity contribution in [2.45, 2.75) is 52.6 Å². The van der Waals surface area contributed by atoms with Gasteiger partial charge in [-0.2, -0.15) is 11.8 Å². The van der Waals surface area contributed by atoms with Crippen LogP contribution in [0.1, 0.15) is 47.0 Å². The molecule has 6 heteroatoms. The predicted octanol–water partition coefficient (Wildman–Crippen LogP) is 2.36. The summed E-state index contributed by atoms with van der Waals surface area (Å²) in [7, 11) is 0. The molecule has 0 amide bonds. The number of thioether (sulfide) groups is 1. The van der Waals surface area contributed by atoms with Crippen molar-refractivity contribution in [3.63, 3.8) is 0 Å². The third-order valence-electron chi connectivity index (χ3n) is 2.09. The van der Waals surface area contributed by atoms with Crippen LogP contribution < -0.4 is 0 Å². The third kappa shape index (κ3) is 12.0. The molecule has 0 saturated heterocycles. The Bertz CT molecular complexity index is 333. The number of rotatable bonds is 9. The van der Waals surface area contributed by atoms with Gasteiger partial charge in [-0.05, 0) is 39.4 Å². The quantitative estimate of drug-likeness (QED) is 0.370. The summed E-state index contributed by atoms with van der Waals surface area (Å²) in [5.74, 6) is 0.0204. The predicted molar refractivity (Wildman–Crippen MR) is 78.7 cm³/mol. The number of carbonyl (C=O) groups is 3. The van der Waals surface area contributed by atoms with Gasteiger partial charge in [0.1, 0.15) is 12.2 Å². The van der Waals surface area contributed by atoms with Gasteiger partial charge in [0, 0.05) is 19.1 Å². The summed E-state index contributed by atoms with van der Waals surface area (Å²) in [5.41, 5.74) is -0.424. The lowest BCUT2D eigenvalue weighted by Crippen LogP contribution is -2.23. The molecule has 0 aliphatic rings. The van der Waals surface area contributed by atoms with E-state index < -0.39 is 17.4 Å². The van der Waals surface area contributed by atoms with Crippen LogP contribution in [-0.4, -0.2) is 41.4 Å². The first-order chi connectivity index (χ1) is 9.22. The van der Waals surface area contributed by atoms with Crippen molar-refractivity contribution < 1.29 is 23.9 Å². The molecule has 0 aromatic carbocycles. The summed E-state index contributed by atoms with van der Waals surface area (Å²) >= 11 is 1.63. The van der Waals surface area contributed by atoms with Gasteiger partial charge in [-0.25, -0.2) is 4.79 Å². The van der Waals surface area contributed by atoms with Gasteiger partial charge in [0.05, 0.1) is 0 Å². The van der Waals surface area contributed by atoms with Crippen LogP contribution in [0.4, 0.5) is 0 Å². The van der Waals surface area contributed by atoms with E-state index in [-0.39, 0.29) is 12.6 Å². The van der Waals surface area contributed by atoms with Gasteiger partial charge in [-0.1, -0.05) is 0 Å². The third-order valence-corrected chi connectivity index (χ3v) is 3.12. The standard InChI is InChI=1S/C14H24O5S/c1-11(15)13(17)18-8-10-20-9-6-5-7-12(16)19-14(2,3)4/h5-10H2,1-4H3. The highest BCUT2D eigenvalue weighted by Gasteiger charge is 2.15. The lowest BCUT2D eigenvalue weighted by atomic mass is 10.2. The molecule has 0 unspecified atom stereocenters. The molecule has 0 aliphatic heterocycles. The maximum atomic E-state index is 11.4. The number of ketones is 1. The molecule has 0 saturated carbocycles. The molecule has 0 bridgehead atoms. The summed E-state index contributed by atoms with van der Waals surface area (Å²) in [6.45, 7) is 6.98. The molecule has 0 radical (unpaired) electrons. The van der Waals surface area contributed by atoms with Crippen molar-refractivity contribution in [1.29, 1.82) is 0 Å². The van der Waals surface area contributed by atoms with Gasteiger partial charge in [0.15, 0.2) is 0 Å². The first kappa shape index (κ1) is 19.0. The van der Waals surface area contributed by atoms with Crippen LogP contribution in [0.2, 0.25) is 0 Å². The van der Waals surface area contributed by atoms with Crippen LogP contribution in [0.25, 0.3) is 0 Å². The summed E-state index contributed by atoms with van der Waals surface area (Å²) in [6, 6.07) is 0. The van der Waals surface area contributed by atoms with Crippen molar-refractivity contribution in [2.24, 2.45) is 0 Å². The molecule has 0 aromatic heterocycles. The summed E-state index contributed by atoms with van der Waals surface area (Å²) in [6.07, 6.45) is 2.12. The molecular formula is C14H24O5S. The highest BCUT2D eigenvalue weighted by molar-refractivity contribution is 7.99. The monoisotopic (exact) mass is 304 g/mol. The van der Waals surface area contributed by atoms with E-state index in [1.54, 1.807) is 11.8 Å². The second kappa shape index (κ2) is 9.80. The van der Waals surface area contributed by atoms with Crippen molar-refractivity contribution >= 4 is 29.5 Å². The molecule has 0 heterocycles. The van der Waals surface area contributed by atoms with E-state index in [0.717, 1.165) is 18.6 Å². The zero-order valence-electron chi connectivity index (χ0n) is 12.7. The summed E-state index contributed by atoms with van der Waals surface area (Å²) in [4.78, 5) is 32.8. The maximum absolute atomic E-state index is 11.4. The molecule has 0 rings (SSSR count). The van der Waals surface area contributed by atoms with E-state index in [2.05, 4.69) is 0 Å². The topological polar surface area (TPSA) is 69.7 Å². The van der Waals surface area contributed by atoms with Crippen LogP contribution in [0, 0.1) is 0 Å². The first-order valence-electron chi connectivity index (χ1n) is 6.69. The SMILES string of the molecule is CC(=O)C(=O)OCCSCCCCC(=O)OC(C)(C)C. The Morgan fingerprint density at radius 2 is 1.70 bits per heavy atom. The van der Waals surface area contributed by atoms with Gasteiger partial charge in [-0.3, -0.25) is 9.59 Å². The Kier molecular flexibility index (Phi) is 9.29. The Morgan fingerprint density at radius 3 is 2.25 bits per heavy atom. The summed E-state index contributed by atoms with van der Waals surface area (Å²) in [5, 5.41) is 0. The van der Waals surface area contributed by atoms with Crippen molar-refractivity contribution in [3.05, 3.63) is 0 Å². The number of hydrogen-bond donors (Lipinski definition) is 0. The number of hydrogen-bond acceptors (Lipinski definition) is 6. The number of ether oxygens (including phenoxy) is 2. The van der Waals surface area contributed by atoms with Crippen LogP contribution in [0.15, 0.2) is 0 Å². The first-order valence-corrected chi connectivity index (χ1v) is 7.85. The van der Waals surface area contributed by atoms with Crippen molar-refractivity contribution in [2.75, 3.05) is 18.1 Å². The lowest BCUT2D eigenvalue weighted by molar-refractivity contribution is -0.154. The highest BCUT2D eigenvalue weighted by Crippen LogP contribution is 2.11.